The number of allylic oxidation sites excluding steroid dienone is 1. The van der Waals surface area contributed by atoms with Gasteiger partial charge in [0.2, 0.25) is 0 Å². The van der Waals surface area contributed by atoms with Crippen molar-refractivity contribution in [1.82, 2.24) is 0 Å². The first-order valence-corrected chi connectivity index (χ1v) is 11.9. The average Bonchev–Trinajstić information content (AvgIpc) is 2.77. The molecule has 4 nitrogen and oxygen atoms in total. The summed E-state index contributed by atoms with van der Waals surface area (Å²) in [6, 6.07) is 7.73. The Morgan fingerprint density at radius 2 is 1.19 bits per heavy atom. The minimum atomic E-state index is -0.661. The Morgan fingerprint density at radius 3 is 1.71 bits per heavy atom. The van der Waals surface area contributed by atoms with Crippen molar-refractivity contribution in [2.75, 3.05) is 13.2 Å². The van der Waals surface area contributed by atoms with Crippen LogP contribution in [0.4, 0.5) is 0 Å². The standard InChI is InChI=1S/C27H40O4/c1-4-7-8-9-10-11-12-13-14-15-16-17-23-18-20-24(21-19-23)22-25(26(28)30-5-2)27(29)31-6-3/h16-22H,4-15H2,1-3H3/b17-16-. The monoisotopic (exact) mass is 428 g/mol. The number of rotatable bonds is 16. The SMILES string of the molecule is CCCCCCCCCCC/C=C\c1ccc(C=C(C(=O)OCC)C(=O)OCC)cc1. The van der Waals surface area contributed by atoms with Crippen LogP contribution in [0.15, 0.2) is 35.9 Å². The molecule has 0 radical (unpaired) electrons. The third-order valence-corrected chi connectivity index (χ3v) is 5.02. The van der Waals surface area contributed by atoms with Gasteiger partial charge in [-0.3, -0.25) is 0 Å². The van der Waals surface area contributed by atoms with Crippen molar-refractivity contribution in [3.8, 4) is 0 Å². The quantitative estimate of drug-likeness (QED) is 0.0924. The van der Waals surface area contributed by atoms with Gasteiger partial charge in [-0.15, -0.1) is 0 Å². The molecule has 0 saturated heterocycles. The highest BCUT2D eigenvalue weighted by Gasteiger charge is 2.20. The van der Waals surface area contributed by atoms with E-state index in [-0.39, 0.29) is 18.8 Å². The van der Waals surface area contributed by atoms with Gasteiger partial charge in [0.15, 0.2) is 0 Å². The molecule has 0 unspecified atom stereocenters. The maximum Gasteiger partial charge on any atom is 0.345 e. The predicted molar refractivity (Wildman–Crippen MR) is 129 cm³/mol. The van der Waals surface area contributed by atoms with Crippen LogP contribution < -0.4 is 0 Å². The number of ether oxygens (including phenoxy) is 2. The molecule has 0 bridgehead atoms. The van der Waals surface area contributed by atoms with Crippen LogP contribution in [0, 0.1) is 0 Å². The molecule has 172 valence electrons. The maximum absolute atomic E-state index is 12.1. The van der Waals surface area contributed by atoms with Gasteiger partial charge in [-0.1, -0.05) is 94.7 Å². The van der Waals surface area contributed by atoms with E-state index in [0.717, 1.165) is 17.5 Å². The second kappa shape index (κ2) is 17.3. The van der Waals surface area contributed by atoms with Gasteiger partial charge < -0.3 is 9.47 Å². The lowest BCUT2D eigenvalue weighted by atomic mass is 10.1. The summed E-state index contributed by atoms with van der Waals surface area (Å²) in [6.45, 7) is 6.08. The summed E-state index contributed by atoms with van der Waals surface area (Å²) in [6.07, 6.45) is 19.0. The summed E-state index contributed by atoms with van der Waals surface area (Å²) in [5.41, 5.74) is 1.77. The van der Waals surface area contributed by atoms with Crippen LogP contribution in [-0.4, -0.2) is 25.2 Å². The highest BCUT2D eigenvalue weighted by atomic mass is 16.6. The first-order chi connectivity index (χ1) is 15.1. The van der Waals surface area contributed by atoms with Gasteiger partial charge in [-0.25, -0.2) is 9.59 Å². The molecule has 0 atom stereocenters. The topological polar surface area (TPSA) is 52.6 Å². The number of unbranched alkanes of at least 4 members (excludes halogenated alkanes) is 9. The summed E-state index contributed by atoms with van der Waals surface area (Å²) in [5, 5.41) is 0. The van der Waals surface area contributed by atoms with E-state index in [4.69, 9.17) is 9.47 Å². The predicted octanol–water partition coefficient (Wildman–Crippen LogP) is 7.13. The third-order valence-electron chi connectivity index (χ3n) is 5.02. The Bertz CT molecular complexity index is 666. The number of carbonyl (C=O) groups excluding carboxylic acids is 2. The number of esters is 2. The van der Waals surface area contributed by atoms with E-state index in [9.17, 15) is 9.59 Å². The van der Waals surface area contributed by atoms with Crippen LogP contribution in [0.5, 0.6) is 0 Å². The van der Waals surface area contributed by atoms with Crippen LogP contribution in [0.2, 0.25) is 0 Å². The fourth-order valence-corrected chi connectivity index (χ4v) is 3.28. The molecular weight excluding hydrogens is 388 g/mol. The molecule has 4 heteroatoms. The first-order valence-electron chi connectivity index (χ1n) is 11.9. The van der Waals surface area contributed by atoms with E-state index in [1.807, 2.05) is 24.3 Å². The van der Waals surface area contributed by atoms with Crippen molar-refractivity contribution in [3.63, 3.8) is 0 Å². The molecule has 1 aromatic carbocycles. The maximum atomic E-state index is 12.1. The molecule has 0 saturated carbocycles. The molecule has 0 amide bonds. The molecule has 0 aromatic heterocycles. The Labute approximate surface area is 188 Å². The normalized spacial score (nSPS) is 10.8. The molecule has 0 fully saturated rings. The molecule has 1 rings (SSSR count). The highest BCUT2D eigenvalue weighted by Crippen LogP contribution is 2.14. The van der Waals surface area contributed by atoms with Gasteiger partial charge in [-0.2, -0.15) is 0 Å². The molecule has 0 aliphatic heterocycles. The molecular formula is C27H40O4. The minimum absolute atomic E-state index is 0.0858. The van der Waals surface area contributed by atoms with Gasteiger partial charge in [0, 0.05) is 0 Å². The van der Waals surface area contributed by atoms with Crippen LogP contribution in [-0.2, 0) is 19.1 Å². The largest absolute Gasteiger partial charge is 0.462 e. The summed E-state index contributed by atoms with van der Waals surface area (Å²) < 4.78 is 9.94. The van der Waals surface area contributed by atoms with Crippen molar-refractivity contribution >= 4 is 24.1 Å². The summed E-state index contributed by atoms with van der Waals surface area (Å²) in [7, 11) is 0. The zero-order valence-electron chi connectivity index (χ0n) is 19.7. The van der Waals surface area contributed by atoms with Gasteiger partial charge in [-0.05, 0) is 43.9 Å². The molecule has 0 aliphatic rings. The lowest BCUT2D eigenvalue weighted by Crippen LogP contribution is -2.18. The Kier molecular flexibility index (Phi) is 14.9. The number of carbonyl (C=O) groups is 2. The van der Waals surface area contributed by atoms with E-state index in [0.29, 0.717) is 0 Å². The van der Waals surface area contributed by atoms with Crippen LogP contribution in [0.25, 0.3) is 12.2 Å². The second-order valence-electron chi connectivity index (χ2n) is 7.69. The van der Waals surface area contributed by atoms with Gasteiger partial charge >= 0.3 is 11.9 Å². The fourth-order valence-electron chi connectivity index (χ4n) is 3.28. The molecule has 0 heterocycles. The number of benzene rings is 1. The van der Waals surface area contributed by atoms with Crippen molar-refractivity contribution in [2.45, 2.75) is 85.0 Å². The summed E-state index contributed by atoms with van der Waals surface area (Å²) >= 11 is 0. The van der Waals surface area contributed by atoms with Crippen LogP contribution in [0.3, 0.4) is 0 Å². The molecule has 1 aromatic rings. The van der Waals surface area contributed by atoms with Gasteiger partial charge in [0.05, 0.1) is 13.2 Å². The van der Waals surface area contributed by atoms with Gasteiger partial charge in [0.1, 0.15) is 5.57 Å². The van der Waals surface area contributed by atoms with E-state index in [1.165, 1.54) is 63.9 Å². The average molecular weight is 429 g/mol. The van der Waals surface area contributed by atoms with Crippen molar-refractivity contribution in [3.05, 3.63) is 47.0 Å². The van der Waals surface area contributed by atoms with E-state index in [2.05, 4.69) is 19.1 Å². The van der Waals surface area contributed by atoms with Crippen molar-refractivity contribution in [1.29, 1.82) is 0 Å². The second-order valence-corrected chi connectivity index (χ2v) is 7.69. The Morgan fingerprint density at radius 1 is 0.710 bits per heavy atom. The lowest BCUT2D eigenvalue weighted by Gasteiger charge is -2.06. The Hall–Kier alpha value is -2.36. The Balaban J connectivity index is 2.45. The molecule has 0 N–H and O–H groups in total. The van der Waals surface area contributed by atoms with Crippen molar-refractivity contribution in [2.24, 2.45) is 0 Å². The summed E-state index contributed by atoms with van der Waals surface area (Å²) in [5.74, 6) is -1.32. The van der Waals surface area contributed by atoms with Gasteiger partial charge in [0.25, 0.3) is 0 Å². The summed E-state index contributed by atoms with van der Waals surface area (Å²) in [4.78, 5) is 24.1. The first kappa shape index (κ1) is 26.7. The van der Waals surface area contributed by atoms with E-state index < -0.39 is 11.9 Å². The fraction of sp³-hybridized carbons (Fsp3) is 0.556. The van der Waals surface area contributed by atoms with Crippen LogP contribution >= 0.6 is 0 Å². The minimum Gasteiger partial charge on any atom is -0.462 e. The number of hydrogen-bond acceptors (Lipinski definition) is 4. The van der Waals surface area contributed by atoms with Crippen LogP contribution in [0.1, 0.15) is 96.1 Å². The third kappa shape index (κ3) is 12.2. The lowest BCUT2D eigenvalue weighted by molar-refractivity contribution is -0.146. The number of hydrogen-bond donors (Lipinski definition) is 0. The van der Waals surface area contributed by atoms with E-state index in [1.54, 1.807) is 13.8 Å². The smallest absolute Gasteiger partial charge is 0.345 e. The zero-order valence-corrected chi connectivity index (χ0v) is 19.7. The zero-order chi connectivity index (χ0) is 22.7. The molecule has 0 aliphatic carbocycles. The van der Waals surface area contributed by atoms with E-state index >= 15 is 0 Å². The van der Waals surface area contributed by atoms with Crippen molar-refractivity contribution < 1.29 is 19.1 Å². The molecule has 0 spiro atoms. The highest BCUT2D eigenvalue weighted by molar-refractivity contribution is 6.17. The molecule has 31 heavy (non-hydrogen) atoms.